The van der Waals surface area contributed by atoms with E-state index in [1.807, 2.05) is 44.2 Å². The Hall–Kier alpha value is -3.00. The van der Waals surface area contributed by atoms with Gasteiger partial charge in [0.25, 0.3) is 5.22 Å². The summed E-state index contributed by atoms with van der Waals surface area (Å²) in [4.78, 5) is 12.1. The van der Waals surface area contributed by atoms with Crippen LogP contribution in [-0.2, 0) is 17.6 Å². The summed E-state index contributed by atoms with van der Waals surface area (Å²) in [6.45, 7) is 4.57. The van der Waals surface area contributed by atoms with E-state index in [0.29, 0.717) is 29.8 Å². The molecule has 0 spiro atoms. The molecule has 3 rings (SSSR count). The summed E-state index contributed by atoms with van der Waals surface area (Å²) in [6, 6.07) is 13.5. The number of benzene rings is 2. The summed E-state index contributed by atoms with van der Waals surface area (Å²) in [5.41, 5.74) is 3.09. The summed E-state index contributed by atoms with van der Waals surface area (Å²) < 4.78 is 16.3. The van der Waals surface area contributed by atoms with Crippen molar-refractivity contribution in [3.05, 3.63) is 59.5 Å². The number of hydrogen-bond donors (Lipinski definition) is 1. The van der Waals surface area contributed by atoms with E-state index in [4.69, 9.17) is 13.9 Å². The number of carbonyl (C=O) groups excluding carboxylic acids is 1. The first-order valence-corrected chi connectivity index (χ1v) is 11.2. The smallest absolute Gasteiger partial charge is 0.277 e. The molecule has 164 valence electrons. The van der Waals surface area contributed by atoms with Crippen LogP contribution in [0, 0.1) is 6.92 Å². The van der Waals surface area contributed by atoms with Crippen molar-refractivity contribution in [2.24, 2.45) is 0 Å². The molecule has 1 heterocycles. The van der Waals surface area contributed by atoms with E-state index in [1.54, 1.807) is 7.11 Å². The quantitative estimate of drug-likeness (QED) is 0.432. The number of anilines is 1. The number of hydrogen-bond acceptors (Lipinski definition) is 7. The van der Waals surface area contributed by atoms with Gasteiger partial charge in [0, 0.05) is 12.1 Å². The minimum absolute atomic E-state index is 0.135. The Morgan fingerprint density at radius 2 is 1.94 bits per heavy atom. The summed E-state index contributed by atoms with van der Waals surface area (Å²) in [5, 5.41) is 11.3. The molecule has 8 heteroatoms. The number of methoxy groups -OCH3 is 1. The first-order valence-electron chi connectivity index (χ1n) is 10.2. The van der Waals surface area contributed by atoms with Gasteiger partial charge in [0.15, 0.2) is 0 Å². The van der Waals surface area contributed by atoms with E-state index in [0.717, 1.165) is 29.9 Å². The predicted octanol–water partition coefficient (Wildman–Crippen LogP) is 4.69. The fourth-order valence-electron chi connectivity index (χ4n) is 3.06. The first-order chi connectivity index (χ1) is 15.1. The SMILES string of the molecule is CCOc1ccc(NC(=O)CSc2nnc(CCCc3ccc(OC)c(C)c3)o2)cc1. The maximum absolute atomic E-state index is 12.1. The summed E-state index contributed by atoms with van der Waals surface area (Å²) in [5.74, 6) is 2.31. The van der Waals surface area contributed by atoms with Crippen molar-refractivity contribution in [3.63, 3.8) is 0 Å². The maximum atomic E-state index is 12.1. The third-order valence-electron chi connectivity index (χ3n) is 4.54. The van der Waals surface area contributed by atoms with Crippen LogP contribution in [0.1, 0.15) is 30.4 Å². The number of aryl methyl sites for hydroxylation is 3. The lowest BCUT2D eigenvalue weighted by molar-refractivity contribution is -0.113. The summed E-state index contributed by atoms with van der Waals surface area (Å²) in [7, 11) is 1.68. The Morgan fingerprint density at radius 1 is 1.13 bits per heavy atom. The van der Waals surface area contributed by atoms with Gasteiger partial charge in [-0.25, -0.2) is 0 Å². The largest absolute Gasteiger partial charge is 0.496 e. The van der Waals surface area contributed by atoms with Gasteiger partial charge in [-0.1, -0.05) is 23.9 Å². The van der Waals surface area contributed by atoms with Crippen molar-refractivity contribution in [2.45, 2.75) is 38.3 Å². The second kappa shape index (κ2) is 11.4. The first kappa shape index (κ1) is 22.7. The predicted molar refractivity (Wildman–Crippen MR) is 121 cm³/mol. The molecule has 0 saturated carbocycles. The van der Waals surface area contributed by atoms with Gasteiger partial charge in [-0.15, -0.1) is 10.2 Å². The number of thioether (sulfide) groups is 1. The molecular weight excluding hydrogens is 414 g/mol. The lowest BCUT2D eigenvalue weighted by atomic mass is 10.1. The van der Waals surface area contributed by atoms with Crippen LogP contribution in [-0.4, -0.2) is 35.6 Å². The fourth-order valence-corrected chi connectivity index (χ4v) is 3.64. The molecule has 2 aromatic carbocycles. The number of nitrogens with one attached hydrogen (secondary N) is 1. The zero-order valence-electron chi connectivity index (χ0n) is 18.0. The lowest BCUT2D eigenvalue weighted by Crippen LogP contribution is -2.13. The monoisotopic (exact) mass is 441 g/mol. The van der Waals surface area contributed by atoms with E-state index >= 15 is 0 Å². The molecule has 0 saturated heterocycles. The Labute approximate surface area is 186 Å². The van der Waals surface area contributed by atoms with Crippen LogP contribution in [0.3, 0.4) is 0 Å². The Balaban J connectivity index is 1.40. The number of nitrogens with zero attached hydrogens (tertiary/aromatic N) is 2. The van der Waals surface area contributed by atoms with E-state index < -0.39 is 0 Å². The topological polar surface area (TPSA) is 86.5 Å². The van der Waals surface area contributed by atoms with Crippen molar-refractivity contribution >= 4 is 23.4 Å². The molecule has 1 aromatic heterocycles. The number of amides is 1. The number of carbonyl (C=O) groups is 1. The summed E-state index contributed by atoms with van der Waals surface area (Å²) >= 11 is 1.22. The minimum atomic E-state index is -0.135. The molecule has 0 fully saturated rings. The van der Waals surface area contributed by atoms with Gasteiger partial charge < -0.3 is 19.2 Å². The van der Waals surface area contributed by atoms with Crippen LogP contribution >= 0.6 is 11.8 Å². The highest BCUT2D eigenvalue weighted by Gasteiger charge is 2.10. The van der Waals surface area contributed by atoms with Crippen molar-refractivity contribution in [3.8, 4) is 11.5 Å². The van der Waals surface area contributed by atoms with Crippen LogP contribution in [0.4, 0.5) is 5.69 Å². The van der Waals surface area contributed by atoms with Crippen molar-refractivity contribution in [1.82, 2.24) is 10.2 Å². The molecule has 1 amide bonds. The average molecular weight is 442 g/mol. The lowest BCUT2D eigenvalue weighted by Gasteiger charge is -2.06. The normalized spacial score (nSPS) is 10.7. The summed E-state index contributed by atoms with van der Waals surface area (Å²) in [6.07, 6.45) is 2.51. The van der Waals surface area contributed by atoms with Gasteiger partial charge in [0.2, 0.25) is 11.8 Å². The van der Waals surface area contributed by atoms with E-state index in [1.165, 1.54) is 17.3 Å². The molecule has 0 aliphatic heterocycles. The van der Waals surface area contributed by atoms with Crippen molar-refractivity contribution in [2.75, 3.05) is 24.8 Å². The molecule has 0 aliphatic carbocycles. The molecule has 0 atom stereocenters. The molecule has 31 heavy (non-hydrogen) atoms. The minimum Gasteiger partial charge on any atom is -0.496 e. The van der Waals surface area contributed by atoms with E-state index in [2.05, 4.69) is 27.6 Å². The van der Waals surface area contributed by atoms with E-state index in [-0.39, 0.29) is 11.7 Å². The van der Waals surface area contributed by atoms with Gasteiger partial charge in [0.1, 0.15) is 11.5 Å². The van der Waals surface area contributed by atoms with Crippen LogP contribution < -0.4 is 14.8 Å². The Bertz CT molecular complexity index is 989. The third-order valence-corrected chi connectivity index (χ3v) is 5.36. The molecule has 3 aromatic rings. The van der Waals surface area contributed by atoms with Crippen molar-refractivity contribution < 1.29 is 18.7 Å². The number of ether oxygens (including phenoxy) is 2. The molecule has 0 aliphatic rings. The standard InChI is InChI=1S/C23H27N3O4S/c1-4-29-19-11-9-18(10-12-19)24-21(27)15-31-23-26-25-22(30-23)7-5-6-17-8-13-20(28-3)16(2)14-17/h8-14H,4-7,15H2,1-3H3,(H,24,27). The van der Waals surface area contributed by atoms with Gasteiger partial charge in [0.05, 0.1) is 19.5 Å². The van der Waals surface area contributed by atoms with Gasteiger partial charge in [-0.05, 0) is 68.1 Å². The van der Waals surface area contributed by atoms with Crippen molar-refractivity contribution in [1.29, 1.82) is 0 Å². The second-order valence-electron chi connectivity index (χ2n) is 6.91. The van der Waals surface area contributed by atoms with Crippen LogP contribution in [0.15, 0.2) is 52.1 Å². The number of rotatable bonds is 11. The molecule has 0 bridgehead atoms. The zero-order valence-corrected chi connectivity index (χ0v) is 18.8. The molecule has 0 unspecified atom stereocenters. The van der Waals surface area contributed by atoms with Gasteiger partial charge in [-0.3, -0.25) is 4.79 Å². The third kappa shape index (κ3) is 7.03. The fraction of sp³-hybridized carbons (Fsp3) is 0.348. The Kier molecular flexibility index (Phi) is 8.35. The van der Waals surface area contributed by atoms with Crippen LogP contribution in [0.2, 0.25) is 0 Å². The van der Waals surface area contributed by atoms with Crippen LogP contribution in [0.5, 0.6) is 11.5 Å². The zero-order chi connectivity index (χ0) is 22.1. The Morgan fingerprint density at radius 3 is 2.65 bits per heavy atom. The van der Waals surface area contributed by atoms with Crippen LogP contribution in [0.25, 0.3) is 0 Å². The highest BCUT2D eigenvalue weighted by atomic mass is 32.2. The molecule has 1 N–H and O–H groups in total. The highest BCUT2D eigenvalue weighted by Crippen LogP contribution is 2.21. The molecule has 0 radical (unpaired) electrons. The highest BCUT2D eigenvalue weighted by molar-refractivity contribution is 7.99. The second-order valence-corrected chi connectivity index (χ2v) is 7.84. The van der Waals surface area contributed by atoms with Gasteiger partial charge in [-0.2, -0.15) is 0 Å². The molecular formula is C23H27N3O4S. The van der Waals surface area contributed by atoms with E-state index in [9.17, 15) is 4.79 Å². The number of aromatic nitrogens is 2. The van der Waals surface area contributed by atoms with Gasteiger partial charge >= 0.3 is 0 Å². The molecule has 7 nitrogen and oxygen atoms in total. The average Bonchev–Trinajstić information content (AvgIpc) is 3.22. The maximum Gasteiger partial charge on any atom is 0.277 e.